The minimum atomic E-state index is -0.0341. The Kier molecular flexibility index (Phi) is 8.22. The summed E-state index contributed by atoms with van der Waals surface area (Å²) in [5.41, 5.74) is 5.55. The molecule has 0 radical (unpaired) electrons. The number of unbranched alkanes of at least 4 members (excludes halogenated alkanes) is 3. The second-order valence-corrected chi connectivity index (χ2v) is 7.97. The van der Waals surface area contributed by atoms with E-state index in [1.165, 1.54) is 19.3 Å². The van der Waals surface area contributed by atoms with Gasteiger partial charge in [0, 0.05) is 24.7 Å². The van der Waals surface area contributed by atoms with Crippen LogP contribution in [-0.4, -0.2) is 46.1 Å². The van der Waals surface area contributed by atoms with Gasteiger partial charge in [-0.05, 0) is 61.6 Å². The number of ether oxygens (including phenoxy) is 1. The van der Waals surface area contributed by atoms with Gasteiger partial charge in [0.25, 0.3) is 0 Å². The summed E-state index contributed by atoms with van der Waals surface area (Å²) in [5, 5.41) is 31.6. The molecule has 0 amide bonds. The lowest BCUT2D eigenvalue weighted by Crippen LogP contribution is -2.49. The first-order chi connectivity index (χ1) is 14.6. The number of hydrazine groups is 1. The van der Waals surface area contributed by atoms with E-state index in [0.29, 0.717) is 19.2 Å². The Morgan fingerprint density at radius 1 is 1.03 bits per heavy atom. The highest BCUT2D eigenvalue weighted by Gasteiger charge is 2.26. The summed E-state index contributed by atoms with van der Waals surface area (Å²) in [6.45, 7) is 4.42. The minimum absolute atomic E-state index is 0.0341. The summed E-state index contributed by atoms with van der Waals surface area (Å²) in [5.74, 6) is 0.977. The van der Waals surface area contributed by atoms with Gasteiger partial charge in [0.05, 0.1) is 0 Å². The van der Waals surface area contributed by atoms with Crippen molar-refractivity contribution in [1.82, 2.24) is 10.4 Å². The average Bonchev–Trinajstić information content (AvgIpc) is 2.76. The molecule has 6 nitrogen and oxygen atoms in total. The van der Waals surface area contributed by atoms with Gasteiger partial charge in [0.15, 0.2) is 11.5 Å². The standard InChI is InChI=1S/C24H34N2O4/c1-2-3-4-5-15-26(25-14-16-30-21-10-8-20(27)9-11-21)19-7-12-22-18(17-19)6-13-23(28)24(22)29/h6,8-11,13,19,25,27-29H,2-5,7,12,14-17H2,1H3. The number of fused-ring (bicyclic) bond motifs is 1. The van der Waals surface area contributed by atoms with E-state index in [4.69, 9.17) is 4.74 Å². The van der Waals surface area contributed by atoms with E-state index < -0.39 is 0 Å². The number of rotatable bonds is 11. The number of benzene rings is 2. The van der Waals surface area contributed by atoms with E-state index in [0.717, 1.165) is 49.1 Å². The fourth-order valence-corrected chi connectivity index (χ4v) is 4.07. The topological polar surface area (TPSA) is 85.2 Å². The fraction of sp³-hybridized carbons (Fsp3) is 0.500. The van der Waals surface area contributed by atoms with Crippen LogP contribution in [0.5, 0.6) is 23.0 Å². The van der Waals surface area contributed by atoms with Gasteiger partial charge < -0.3 is 20.1 Å². The molecule has 0 spiro atoms. The van der Waals surface area contributed by atoms with E-state index in [1.54, 1.807) is 30.3 Å². The van der Waals surface area contributed by atoms with E-state index in [9.17, 15) is 15.3 Å². The molecule has 0 aromatic heterocycles. The number of aromatic hydroxyl groups is 3. The molecular weight excluding hydrogens is 380 g/mol. The molecule has 3 rings (SSSR count). The van der Waals surface area contributed by atoms with Crippen LogP contribution in [0.15, 0.2) is 36.4 Å². The number of phenolic OH excluding ortho intramolecular Hbond substituents is 3. The summed E-state index contributed by atoms with van der Waals surface area (Å²) in [7, 11) is 0. The van der Waals surface area contributed by atoms with Crippen molar-refractivity contribution in [2.24, 2.45) is 0 Å². The lowest BCUT2D eigenvalue weighted by Gasteiger charge is -2.36. The van der Waals surface area contributed by atoms with Crippen molar-refractivity contribution in [1.29, 1.82) is 0 Å². The monoisotopic (exact) mass is 414 g/mol. The van der Waals surface area contributed by atoms with Crippen molar-refractivity contribution in [2.75, 3.05) is 19.7 Å². The Labute approximate surface area is 179 Å². The Morgan fingerprint density at radius 3 is 2.60 bits per heavy atom. The van der Waals surface area contributed by atoms with Crippen molar-refractivity contribution < 1.29 is 20.1 Å². The van der Waals surface area contributed by atoms with Crippen LogP contribution < -0.4 is 10.2 Å². The van der Waals surface area contributed by atoms with Gasteiger partial charge in [-0.25, -0.2) is 5.01 Å². The first-order valence-corrected chi connectivity index (χ1v) is 11.0. The summed E-state index contributed by atoms with van der Waals surface area (Å²) in [6.07, 6.45) is 7.37. The van der Waals surface area contributed by atoms with Gasteiger partial charge in [0.1, 0.15) is 18.1 Å². The third-order valence-electron chi connectivity index (χ3n) is 5.76. The third kappa shape index (κ3) is 6.03. The normalized spacial score (nSPS) is 15.9. The number of hydrogen-bond acceptors (Lipinski definition) is 6. The molecule has 0 aliphatic heterocycles. The molecule has 0 heterocycles. The minimum Gasteiger partial charge on any atom is -0.508 e. The zero-order chi connectivity index (χ0) is 21.3. The fourth-order valence-electron chi connectivity index (χ4n) is 4.07. The second kappa shape index (κ2) is 11.1. The number of nitrogens with zero attached hydrogens (tertiary/aromatic N) is 1. The predicted octanol–water partition coefficient (Wildman–Crippen LogP) is 4.13. The lowest BCUT2D eigenvalue weighted by molar-refractivity contribution is 0.0999. The number of hydrogen-bond donors (Lipinski definition) is 4. The van der Waals surface area contributed by atoms with Crippen LogP contribution >= 0.6 is 0 Å². The summed E-state index contributed by atoms with van der Waals surface area (Å²) in [6, 6.07) is 10.6. The van der Waals surface area contributed by atoms with Crippen LogP contribution in [0.1, 0.15) is 50.2 Å². The Balaban J connectivity index is 1.56. The van der Waals surface area contributed by atoms with Gasteiger partial charge in [-0.1, -0.05) is 32.3 Å². The molecule has 30 heavy (non-hydrogen) atoms. The molecule has 1 aliphatic carbocycles. The maximum atomic E-state index is 10.2. The van der Waals surface area contributed by atoms with E-state index in [1.807, 2.05) is 6.07 Å². The number of nitrogens with one attached hydrogen (secondary N) is 1. The molecule has 2 aromatic rings. The van der Waals surface area contributed by atoms with Crippen LogP contribution in [0.25, 0.3) is 0 Å². The zero-order valence-electron chi connectivity index (χ0n) is 17.8. The van der Waals surface area contributed by atoms with E-state index in [-0.39, 0.29) is 17.2 Å². The van der Waals surface area contributed by atoms with E-state index in [2.05, 4.69) is 17.4 Å². The largest absolute Gasteiger partial charge is 0.508 e. The van der Waals surface area contributed by atoms with Crippen LogP contribution in [0.2, 0.25) is 0 Å². The molecule has 4 N–H and O–H groups in total. The van der Waals surface area contributed by atoms with Crippen molar-refractivity contribution in [3.05, 3.63) is 47.5 Å². The molecule has 0 fully saturated rings. The van der Waals surface area contributed by atoms with E-state index >= 15 is 0 Å². The predicted molar refractivity (Wildman–Crippen MR) is 118 cm³/mol. The average molecular weight is 415 g/mol. The highest BCUT2D eigenvalue weighted by Crippen LogP contribution is 2.36. The molecule has 0 saturated carbocycles. The van der Waals surface area contributed by atoms with Crippen LogP contribution in [0, 0.1) is 0 Å². The maximum Gasteiger partial charge on any atom is 0.160 e. The highest BCUT2D eigenvalue weighted by atomic mass is 16.5. The van der Waals surface area contributed by atoms with Gasteiger partial charge >= 0.3 is 0 Å². The molecule has 2 aromatic carbocycles. The lowest BCUT2D eigenvalue weighted by atomic mass is 9.87. The maximum absolute atomic E-state index is 10.2. The molecule has 1 atom stereocenters. The zero-order valence-corrected chi connectivity index (χ0v) is 17.8. The molecule has 6 heteroatoms. The quantitative estimate of drug-likeness (QED) is 0.251. The molecular formula is C24H34N2O4. The summed E-state index contributed by atoms with van der Waals surface area (Å²) >= 11 is 0. The van der Waals surface area contributed by atoms with Crippen LogP contribution in [0.3, 0.4) is 0 Å². The van der Waals surface area contributed by atoms with Gasteiger partial charge in [-0.15, -0.1) is 0 Å². The Bertz CT molecular complexity index is 795. The summed E-state index contributed by atoms with van der Waals surface area (Å²) < 4.78 is 5.77. The van der Waals surface area contributed by atoms with Crippen molar-refractivity contribution in [3.8, 4) is 23.0 Å². The van der Waals surface area contributed by atoms with Crippen LogP contribution in [-0.2, 0) is 12.8 Å². The third-order valence-corrected chi connectivity index (χ3v) is 5.76. The Morgan fingerprint density at radius 2 is 1.83 bits per heavy atom. The first-order valence-electron chi connectivity index (χ1n) is 11.0. The number of phenols is 3. The van der Waals surface area contributed by atoms with Gasteiger partial charge in [0.2, 0.25) is 0 Å². The molecule has 0 saturated heterocycles. The van der Waals surface area contributed by atoms with Crippen molar-refractivity contribution >= 4 is 0 Å². The summed E-state index contributed by atoms with van der Waals surface area (Å²) in [4.78, 5) is 0. The Hall–Kier alpha value is -2.44. The van der Waals surface area contributed by atoms with Crippen molar-refractivity contribution in [2.45, 2.75) is 57.9 Å². The molecule has 0 bridgehead atoms. The van der Waals surface area contributed by atoms with Crippen LogP contribution in [0.4, 0.5) is 0 Å². The highest BCUT2D eigenvalue weighted by molar-refractivity contribution is 5.50. The first kappa shape index (κ1) is 22.2. The SMILES string of the molecule is CCCCCCN(NCCOc1ccc(O)cc1)C1CCc2c(ccc(O)c2O)C1. The molecule has 164 valence electrons. The smallest absolute Gasteiger partial charge is 0.160 e. The van der Waals surface area contributed by atoms with Gasteiger partial charge in [-0.2, -0.15) is 0 Å². The molecule has 1 unspecified atom stereocenters. The molecule has 1 aliphatic rings. The van der Waals surface area contributed by atoms with Gasteiger partial charge in [-0.3, -0.25) is 5.43 Å². The second-order valence-electron chi connectivity index (χ2n) is 7.97. The van der Waals surface area contributed by atoms with Crippen molar-refractivity contribution in [3.63, 3.8) is 0 Å².